The van der Waals surface area contributed by atoms with Gasteiger partial charge in [-0.2, -0.15) is 4.98 Å². The molecular weight excluding hydrogens is 312 g/mol. The third-order valence-corrected chi connectivity index (χ3v) is 4.64. The first kappa shape index (κ1) is 15.3. The van der Waals surface area contributed by atoms with Crippen molar-refractivity contribution in [3.8, 4) is 0 Å². The van der Waals surface area contributed by atoms with E-state index in [0.29, 0.717) is 11.6 Å². The molecule has 4 rings (SSSR count). The number of aromatic nitrogens is 4. The van der Waals surface area contributed by atoms with Crippen LogP contribution in [0.4, 0.5) is 5.95 Å². The highest BCUT2D eigenvalue weighted by atomic mass is 16.5. The normalized spacial score (nSPS) is 29.6. The van der Waals surface area contributed by atoms with E-state index in [4.69, 9.17) is 4.74 Å². The monoisotopic (exact) mass is 332 g/mol. The second-order valence-electron chi connectivity index (χ2n) is 6.62. The fraction of sp³-hybridized carbons (Fsp3) is 0.600. The summed E-state index contributed by atoms with van der Waals surface area (Å²) < 4.78 is 7.77. The number of aliphatic imine (C=N–C) groups is 1. The molecule has 0 radical (unpaired) electrons. The zero-order valence-corrected chi connectivity index (χ0v) is 13.6. The van der Waals surface area contributed by atoms with Gasteiger partial charge in [0.2, 0.25) is 5.95 Å². The molecule has 0 amide bonds. The molecule has 1 saturated carbocycles. The van der Waals surface area contributed by atoms with Gasteiger partial charge < -0.3 is 14.7 Å². The van der Waals surface area contributed by atoms with Crippen LogP contribution in [0.3, 0.4) is 0 Å². The van der Waals surface area contributed by atoms with Gasteiger partial charge in [0.15, 0.2) is 11.2 Å². The third kappa shape index (κ3) is 2.49. The number of hydrogen-bond acceptors (Lipinski definition) is 6. The molecule has 1 saturated heterocycles. The highest BCUT2D eigenvalue weighted by molar-refractivity contribution is 5.71. The van der Waals surface area contributed by atoms with Crippen molar-refractivity contribution in [2.45, 2.75) is 37.7 Å². The van der Waals surface area contributed by atoms with Gasteiger partial charge in [0, 0.05) is 14.1 Å². The summed E-state index contributed by atoms with van der Waals surface area (Å²) in [6.07, 6.45) is 4.86. The van der Waals surface area contributed by atoms with Crippen LogP contribution in [0, 0.1) is 5.92 Å². The first-order valence-electron chi connectivity index (χ1n) is 8.04. The third-order valence-electron chi connectivity index (χ3n) is 4.64. The summed E-state index contributed by atoms with van der Waals surface area (Å²) >= 11 is 0. The Labute approximate surface area is 138 Å². The van der Waals surface area contributed by atoms with Crippen LogP contribution >= 0.6 is 0 Å². The maximum Gasteiger partial charge on any atom is 0.280 e. The molecule has 0 bridgehead atoms. The van der Waals surface area contributed by atoms with Gasteiger partial charge in [-0.25, -0.2) is 9.98 Å². The van der Waals surface area contributed by atoms with E-state index in [1.807, 2.05) is 14.1 Å². The smallest absolute Gasteiger partial charge is 0.280 e. The van der Waals surface area contributed by atoms with Crippen LogP contribution in [0.25, 0.3) is 11.2 Å². The van der Waals surface area contributed by atoms with Crippen molar-refractivity contribution in [1.29, 1.82) is 0 Å². The Morgan fingerprint density at radius 2 is 2.33 bits per heavy atom. The van der Waals surface area contributed by atoms with Gasteiger partial charge in [-0.05, 0) is 25.2 Å². The summed E-state index contributed by atoms with van der Waals surface area (Å²) in [6, 6.07) is 0. The summed E-state index contributed by atoms with van der Waals surface area (Å²) in [5.41, 5.74) is 0.381. The summed E-state index contributed by atoms with van der Waals surface area (Å²) in [6.45, 7) is 0. The molecule has 1 aliphatic heterocycles. The maximum absolute atomic E-state index is 12.2. The quantitative estimate of drug-likeness (QED) is 0.622. The van der Waals surface area contributed by atoms with Crippen molar-refractivity contribution >= 4 is 23.5 Å². The number of imidazole rings is 1. The molecule has 2 fully saturated rings. The van der Waals surface area contributed by atoms with Gasteiger partial charge in [0.05, 0.1) is 24.9 Å². The fourth-order valence-corrected chi connectivity index (χ4v) is 3.51. The standard InChI is InChI=1S/C15H20N6O3/c1-20(2)6-17-15-18-13-11(14(23)19-15)16-7-21(13)10-5-8-3-4-9(22)12(8)24-10/h6-10,12,22H,3-5H2,1-2H3,(H,18,19,23)/b17-6+/t8-,9?,10-,12+/m1/s1. The summed E-state index contributed by atoms with van der Waals surface area (Å²) in [7, 11) is 3.67. The Morgan fingerprint density at radius 3 is 3.08 bits per heavy atom. The average molecular weight is 332 g/mol. The van der Waals surface area contributed by atoms with Crippen LogP contribution in [-0.4, -0.2) is 62.2 Å². The topological polar surface area (TPSA) is 109 Å². The number of rotatable bonds is 3. The molecule has 1 unspecified atom stereocenters. The lowest BCUT2D eigenvalue weighted by atomic mass is 10.0. The first-order valence-corrected chi connectivity index (χ1v) is 8.04. The summed E-state index contributed by atoms with van der Waals surface area (Å²) in [5.74, 6) is 0.567. The lowest BCUT2D eigenvalue weighted by molar-refractivity contribution is -0.0525. The van der Waals surface area contributed by atoms with E-state index >= 15 is 0 Å². The van der Waals surface area contributed by atoms with Crippen LogP contribution in [0.15, 0.2) is 16.1 Å². The summed E-state index contributed by atoms with van der Waals surface area (Å²) in [5, 5.41) is 9.99. The summed E-state index contributed by atoms with van der Waals surface area (Å²) in [4.78, 5) is 29.3. The lowest BCUT2D eigenvalue weighted by Gasteiger charge is -2.16. The molecule has 24 heavy (non-hydrogen) atoms. The van der Waals surface area contributed by atoms with Crippen molar-refractivity contribution < 1.29 is 9.84 Å². The van der Waals surface area contributed by atoms with E-state index in [-0.39, 0.29) is 29.4 Å². The minimum Gasteiger partial charge on any atom is -0.390 e. The van der Waals surface area contributed by atoms with E-state index in [9.17, 15) is 9.90 Å². The van der Waals surface area contributed by atoms with Crippen LogP contribution < -0.4 is 5.56 Å². The molecule has 2 aromatic heterocycles. The molecule has 1 aliphatic carbocycles. The highest BCUT2D eigenvalue weighted by Crippen LogP contribution is 2.43. The molecule has 3 heterocycles. The minimum atomic E-state index is -0.411. The Kier molecular flexibility index (Phi) is 3.61. The number of H-pyrrole nitrogens is 1. The molecule has 4 atom stereocenters. The van der Waals surface area contributed by atoms with Crippen LogP contribution in [0.5, 0.6) is 0 Å². The van der Waals surface area contributed by atoms with Crippen molar-refractivity contribution in [1.82, 2.24) is 24.4 Å². The van der Waals surface area contributed by atoms with Gasteiger partial charge in [-0.15, -0.1) is 0 Å². The van der Waals surface area contributed by atoms with Crippen molar-refractivity contribution in [2.75, 3.05) is 14.1 Å². The van der Waals surface area contributed by atoms with Crippen LogP contribution in [-0.2, 0) is 4.74 Å². The van der Waals surface area contributed by atoms with E-state index in [0.717, 1.165) is 19.3 Å². The van der Waals surface area contributed by atoms with Crippen LogP contribution in [0.2, 0.25) is 0 Å². The average Bonchev–Trinajstić information content (AvgIpc) is 3.21. The van der Waals surface area contributed by atoms with Gasteiger partial charge >= 0.3 is 0 Å². The molecule has 2 N–H and O–H groups in total. The number of fused-ring (bicyclic) bond motifs is 2. The number of aliphatic hydroxyl groups is 1. The number of aromatic amines is 1. The van der Waals surface area contributed by atoms with Gasteiger partial charge in [0.1, 0.15) is 6.23 Å². The Hall–Kier alpha value is -2.26. The number of hydrogen-bond donors (Lipinski definition) is 2. The fourth-order valence-electron chi connectivity index (χ4n) is 3.51. The van der Waals surface area contributed by atoms with Gasteiger partial charge in [-0.3, -0.25) is 14.3 Å². The first-order chi connectivity index (χ1) is 11.5. The second kappa shape index (κ2) is 5.67. The van der Waals surface area contributed by atoms with E-state index in [1.165, 1.54) is 0 Å². The molecule has 128 valence electrons. The zero-order valence-electron chi connectivity index (χ0n) is 13.6. The van der Waals surface area contributed by atoms with E-state index in [2.05, 4.69) is 19.9 Å². The maximum atomic E-state index is 12.2. The van der Waals surface area contributed by atoms with Gasteiger partial charge in [0.25, 0.3) is 5.56 Å². The molecular formula is C15H20N6O3. The molecule has 2 aromatic rings. The molecule has 2 aliphatic rings. The molecule has 0 spiro atoms. The number of nitrogens with zero attached hydrogens (tertiary/aromatic N) is 5. The van der Waals surface area contributed by atoms with Crippen LogP contribution in [0.1, 0.15) is 25.5 Å². The molecule has 0 aromatic carbocycles. The van der Waals surface area contributed by atoms with E-state index < -0.39 is 6.10 Å². The predicted molar refractivity (Wildman–Crippen MR) is 87.2 cm³/mol. The van der Waals surface area contributed by atoms with Crippen molar-refractivity contribution in [3.63, 3.8) is 0 Å². The molecule has 9 nitrogen and oxygen atoms in total. The Balaban J connectivity index is 1.70. The minimum absolute atomic E-state index is 0.138. The van der Waals surface area contributed by atoms with Crippen molar-refractivity contribution in [3.05, 3.63) is 16.7 Å². The predicted octanol–water partition coefficient (Wildman–Crippen LogP) is 0.399. The van der Waals surface area contributed by atoms with E-state index in [1.54, 1.807) is 22.1 Å². The lowest BCUT2D eigenvalue weighted by Crippen LogP contribution is -2.23. The van der Waals surface area contributed by atoms with Gasteiger partial charge in [-0.1, -0.05) is 0 Å². The number of nitrogens with one attached hydrogen (secondary N) is 1. The van der Waals surface area contributed by atoms with Crippen molar-refractivity contribution in [2.24, 2.45) is 10.9 Å². The second-order valence-corrected chi connectivity index (χ2v) is 6.62. The number of ether oxygens (including phenoxy) is 1. The largest absolute Gasteiger partial charge is 0.390 e. The highest BCUT2D eigenvalue weighted by Gasteiger charge is 2.44. The zero-order chi connectivity index (χ0) is 16.8. The number of aliphatic hydroxyl groups excluding tert-OH is 1. The SMILES string of the molecule is CN(C)/C=N/c1nc2c(ncn2[C@H]2C[C@H]3CCC(O)[C@H]3O2)c(=O)[nH]1. The molecule has 9 heteroatoms. The Bertz CT molecular complexity index is 841. The Morgan fingerprint density at radius 1 is 1.50 bits per heavy atom.